The van der Waals surface area contributed by atoms with Crippen molar-refractivity contribution < 1.29 is 8.42 Å². The zero-order chi connectivity index (χ0) is 23.7. The van der Waals surface area contributed by atoms with Gasteiger partial charge in [0.2, 0.25) is 0 Å². The molecule has 0 unspecified atom stereocenters. The van der Waals surface area contributed by atoms with E-state index in [2.05, 4.69) is 16.9 Å². The summed E-state index contributed by atoms with van der Waals surface area (Å²) < 4.78 is 28.1. The van der Waals surface area contributed by atoms with Crippen molar-refractivity contribution >= 4 is 38.2 Å². The van der Waals surface area contributed by atoms with Crippen molar-refractivity contribution in [3.63, 3.8) is 0 Å². The molecule has 0 atom stereocenters. The van der Waals surface area contributed by atoms with Crippen molar-refractivity contribution in [2.45, 2.75) is 11.8 Å². The molecule has 0 bridgehead atoms. The number of nitrogens with zero attached hydrogens (tertiary/aromatic N) is 1. The normalized spacial score (nSPS) is 11.5. The Morgan fingerprint density at radius 3 is 2.18 bits per heavy atom. The standard InChI is InChI=1S/C28H21ClN2O2S/c1-19-7-14-24(15-8-19)34(32,33)31-23-12-9-21(10-13-23)28-18-25(20-5-3-2-4-6-20)26-17-22(29)11-16-27(26)30-28/h2-18,31H,1H3. The van der Waals surface area contributed by atoms with E-state index in [9.17, 15) is 8.42 Å². The molecule has 0 spiro atoms. The Kier molecular flexibility index (Phi) is 5.82. The average molecular weight is 485 g/mol. The van der Waals surface area contributed by atoms with Crippen LogP contribution in [0.5, 0.6) is 0 Å². The number of nitrogens with one attached hydrogen (secondary N) is 1. The van der Waals surface area contributed by atoms with E-state index in [-0.39, 0.29) is 4.90 Å². The van der Waals surface area contributed by atoms with Crippen LogP contribution in [0.15, 0.2) is 108 Å². The van der Waals surface area contributed by atoms with Crippen LogP contribution < -0.4 is 4.72 Å². The van der Waals surface area contributed by atoms with Gasteiger partial charge in [0.05, 0.1) is 16.1 Å². The van der Waals surface area contributed by atoms with E-state index < -0.39 is 10.0 Å². The van der Waals surface area contributed by atoms with Crippen molar-refractivity contribution in [2.75, 3.05) is 4.72 Å². The van der Waals surface area contributed by atoms with Crippen LogP contribution in [0, 0.1) is 6.92 Å². The van der Waals surface area contributed by atoms with E-state index in [1.54, 1.807) is 36.4 Å². The molecule has 0 aliphatic rings. The largest absolute Gasteiger partial charge is 0.280 e. The van der Waals surface area contributed by atoms with E-state index in [1.807, 2.05) is 61.5 Å². The monoisotopic (exact) mass is 484 g/mol. The number of pyridine rings is 1. The molecule has 4 aromatic carbocycles. The molecule has 5 rings (SSSR count). The molecular weight excluding hydrogens is 464 g/mol. The minimum Gasteiger partial charge on any atom is -0.280 e. The lowest BCUT2D eigenvalue weighted by Gasteiger charge is -2.12. The summed E-state index contributed by atoms with van der Waals surface area (Å²) in [5, 5.41) is 1.63. The Labute approximate surface area is 203 Å². The molecule has 0 aliphatic carbocycles. The number of sulfonamides is 1. The molecule has 6 heteroatoms. The number of hydrogen-bond acceptors (Lipinski definition) is 3. The lowest BCUT2D eigenvalue weighted by atomic mass is 9.98. The minimum atomic E-state index is -3.66. The number of fused-ring (bicyclic) bond motifs is 1. The van der Waals surface area contributed by atoms with E-state index in [1.165, 1.54) is 0 Å². The van der Waals surface area contributed by atoms with E-state index in [0.29, 0.717) is 10.7 Å². The number of hydrogen-bond donors (Lipinski definition) is 1. The number of halogens is 1. The molecule has 1 N–H and O–H groups in total. The molecule has 1 heterocycles. The first-order valence-electron chi connectivity index (χ1n) is 10.7. The number of benzene rings is 4. The van der Waals surface area contributed by atoms with E-state index in [0.717, 1.165) is 38.9 Å². The molecule has 0 saturated heterocycles. The van der Waals surface area contributed by atoms with Gasteiger partial charge in [-0.25, -0.2) is 13.4 Å². The van der Waals surface area contributed by atoms with Crippen molar-refractivity contribution in [2.24, 2.45) is 0 Å². The smallest absolute Gasteiger partial charge is 0.261 e. The van der Waals surface area contributed by atoms with Gasteiger partial charge in [0.15, 0.2) is 0 Å². The first-order chi connectivity index (χ1) is 16.4. The maximum Gasteiger partial charge on any atom is 0.261 e. The third-order valence-electron chi connectivity index (χ3n) is 5.62. The first kappa shape index (κ1) is 22.1. The van der Waals surface area contributed by atoms with Gasteiger partial charge >= 0.3 is 0 Å². The summed E-state index contributed by atoms with van der Waals surface area (Å²) in [6, 6.07) is 31.8. The molecular formula is C28H21ClN2O2S. The minimum absolute atomic E-state index is 0.226. The highest BCUT2D eigenvalue weighted by atomic mass is 35.5. The topological polar surface area (TPSA) is 59.1 Å². The van der Waals surface area contributed by atoms with Gasteiger partial charge in [0.1, 0.15) is 0 Å². The average Bonchev–Trinajstić information content (AvgIpc) is 2.84. The summed E-state index contributed by atoms with van der Waals surface area (Å²) in [5.74, 6) is 0. The van der Waals surface area contributed by atoms with Gasteiger partial charge in [-0.15, -0.1) is 0 Å². The zero-order valence-corrected chi connectivity index (χ0v) is 19.9. The second-order valence-electron chi connectivity index (χ2n) is 8.08. The third kappa shape index (κ3) is 4.53. The van der Waals surface area contributed by atoms with Crippen molar-refractivity contribution in [3.8, 4) is 22.4 Å². The molecule has 0 amide bonds. The summed E-state index contributed by atoms with van der Waals surface area (Å²) in [6.45, 7) is 1.92. The van der Waals surface area contributed by atoms with Crippen molar-refractivity contribution in [1.29, 1.82) is 0 Å². The Morgan fingerprint density at radius 2 is 1.47 bits per heavy atom. The maximum absolute atomic E-state index is 12.7. The molecule has 34 heavy (non-hydrogen) atoms. The van der Waals surface area contributed by atoms with E-state index in [4.69, 9.17) is 16.6 Å². The number of anilines is 1. The van der Waals surface area contributed by atoms with Crippen LogP contribution in [-0.4, -0.2) is 13.4 Å². The van der Waals surface area contributed by atoms with Crippen LogP contribution in [-0.2, 0) is 10.0 Å². The maximum atomic E-state index is 12.7. The predicted octanol–water partition coefficient (Wildman–Crippen LogP) is 7.33. The third-order valence-corrected chi connectivity index (χ3v) is 7.25. The SMILES string of the molecule is Cc1ccc(S(=O)(=O)Nc2ccc(-c3cc(-c4ccccc4)c4cc(Cl)ccc4n3)cc2)cc1. The van der Waals surface area contributed by atoms with Crippen molar-refractivity contribution in [1.82, 2.24) is 4.98 Å². The fourth-order valence-corrected chi connectivity index (χ4v) is 5.07. The summed E-state index contributed by atoms with van der Waals surface area (Å²) in [6.07, 6.45) is 0. The second kappa shape index (κ2) is 8.93. The summed E-state index contributed by atoms with van der Waals surface area (Å²) in [5.41, 5.74) is 6.11. The lowest BCUT2D eigenvalue weighted by Crippen LogP contribution is -2.12. The fourth-order valence-electron chi connectivity index (χ4n) is 3.84. The Hall–Kier alpha value is -3.67. The number of aromatic nitrogens is 1. The highest BCUT2D eigenvalue weighted by Crippen LogP contribution is 2.34. The predicted molar refractivity (Wildman–Crippen MR) is 140 cm³/mol. The Bertz CT molecular complexity index is 1580. The quantitative estimate of drug-likeness (QED) is 0.284. The second-order valence-corrected chi connectivity index (χ2v) is 10.2. The Morgan fingerprint density at radius 1 is 0.765 bits per heavy atom. The summed E-state index contributed by atoms with van der Waals surface area (Å²) in [4.78, 5) is 5.06. The molecule has 0 radical (unpaired) electrons. The molecule has 5 aromatic rings. The van der Waals surface area contributed by atoms with Gasteiger partial charge in [0.25, 0.3) is 10.0 Å². The molecule has 0 saturated carbocycles. The van der Waals surface area contributed by atoms with Gasteiger partial charge < -0.3 is 0 Å². The zero-order valence-electron chi connectivity index (χ0n) is 18.4. The van der Waals surface area contributed by atoms with E-state index >= 15 is 0 Å². The van der Waals surface area contributed by atoms with Crippen LogP contribution >= 0.6 is 11.6 Å². The molecule has 168 valence electrons. The fraction of sp³-hybridized carbons (Fsp3) is 0.0357. The Balaban J connectivity index is 1.51. The van der Waals surface area contributed by atoms with Gasteiger partial charge in [-0.2, -0.15) is 0 Å². The first-order valence-corrected chi connectivity index (χ1v) is 12.6. The highest BCUT2D eigenvalue weighted by Gasteiger charge is 2.15. The van der Waals surface area contributed by atoms with Crippen molar-refractivity contribution in [3.05, 3.63) is 114 Å². The summed E-state index contributed by atoms with van der Waals surface area (Å²) in [7, 11) is -3.66. The van der Waals surface area contributed by atoms with Gasteiger partial charge in [-0.3, -0.25) is 4.72 Å². The summed E-state index contributed by atoms with van der Waals surface area (Å²) >= 11 is 6.27. The van der Waals surface area contributed by atoms with Crippen LogP contribution in [0.3, 0.4) is 0 Å². The lowest BCUT2D eigenvalue weighted by molar-refractivity contribution is 0.601. The van der Waals surface area contributed by atoms with Crippen LogP contribution in [0.1, 0.15) is 5.56 Å². The molecule has 0 fully saturated rings. The molecule has 4 nitrogen and oxygen atoms in total. The highest BCUT2D eigenvalue weighted by molar-refractivity contribution is 7.92. The number of rotatable bonds is 5. The van der Waals surface area contributed by atoms with Crippen LogP contribution in [0.2, 0.25) is 5.02 Å². The number of aryl methyl sites for hydroxylation is 1. The van der Waals surface area contributed by atoms with Crippen LogP contribution in [0.25, 0.3) is 33.3 Å². The molecule has 1 aromatic heterocycles. The van der Waals surface area contributed by atoms with Crippen LogP contribution in [0.4, 0.5) is 5.69 Å². The van der Waals surface area contributed by atoms with Gasteiger partial charge in [-0.05, 0) is 66.6 Å². The van der Waals surface area contributed by atoms with Gasteiger partial charge in [-0.1, -0.05) is 71.8 Å². The van der Waals surface area contributed by atoms with Gasteiger partial charge in [0, 0.05) is 21.7 Å². The molecule has 0 aliphatic heterocycles.